The van der Waals surface area contributed by atoms with Gasteiger partial charge in [0.2, 0.25) is 0 Å². The summed E-state index contributed by atoms with van der Waals surface area (Å²) >= 11 is 0. The van der Waals surface area contributed by atoms with Crippen molar-refractivity contribution in [3.8, 4) is 0 Å². The highest BCUT2D eigenvalue weighted by molar-refractivity contribution is 5.91. The molecule has 0 unspecified atom stereocenters. The molecule has 0 bridgehead atoms. The van der Waals surface area contributed by atoms with Crippen LogP contribution in [0.25, 0.3) is 10.9 Å². The Labute approximate surface area is 128 Å². The summed E-state index contributed by atoms with van der Waals surface area (Å²) in [5, 5.41) is 12.1. The van der Waals surface area contributed by atoms with Crippen LogP contribution in [0.15, 0.2) is 30.6 Å². The van der Waals surface area contributed by atoms with Crippen LogP contribution in [0.3, 0.4) is 0 Å². The average Bonchev–Trinajstić information content (AvgIpc) is 2.95. The summed E-state index contributed by atoms with van der Waals surface area (Å²) in [7, 11) is 0. The van der Waals surface area contributed by atoms with Gasteiger partial charge in [-0.2, -0.15) is 0 Å². The number of hydrogen-bond donors (Lipinski definition) is 1. The Morgan fingerprint density at radius 3 is 2.95 bits per heavy atom. The Balaban J connectivity index is 1.80. The maximum Gasteiger partial charge on any atom is 0.132 e. The molecule has 0 fully saturated rings. The smallest absolute Gasteiger partial charge is 0.132 e. The predicted octanol–water partition coefficient (Wildman–Crippen LogP) is 2.95. The summed E-state index contributed by atoms with van der Waals surface area (Å²) in [6.07, 6.45) is 2.58. The molecule has 0 amide bonds. The first-order chi connectivity index (χ1) is 10.7. The van der Waals surface area contributed by atoms with Crippen molar-refractivity contribution in [2.45, 2.75) is 26.8 Å². The molecule has 114 valence electrons. The zero-order valence-corrected chi connectivity index (χ0v) is 12.7. The molecule has 1 aromatic carbocycles. The number of hydrogen-bond acceptors (Lipinski definition) is 4. The van der Waals surface area contributed by atoms with Crippen molar-refractivity contribution in [3.63, 3.8) is 0 Å². The van der Waals surface area contributed by atoms with Crippen LogP contribution in [0.5, 0.6) is 0 Å². The number of aryl methyl sites for hydroxylation is 2. The van der Waals surface area contributed by atoms with E-state index in [-0.39, 0.29) is 5.82 Å². The Morgan fingerprint density at radius 1 is 1.27 bits per heavy atom. The molecule has 0 spiro atoms. The molecule has 22 heavy (non-hydrogen) atoms. The van der Waals surface area contributed by atoms with Gasteiger partial charge in [-0.3, -0.25) is 4.98 Å². The van der Waals surface area contributed by atoms with Crippen molar-refractivity contribution < 1.29 is 4.39 Å². The molecule has 0 saturated heterocycles. The highest BCUT2D eigenvalue weighted by atomic mass is 19.1. The molecular weight excluding hydrogens is 281 g/mol. The average molecular weight is 299 g/mol. The van der Waals surface area contributed by atoms with Crippen LogP contribution in [0, 0.1) is 12.7 Å². The fourth-order valence-electron chi connectivity index (χ4n) is 2.53. The molecule has 0 aliphatic heterocycles. The van der Waals surface area contributed by atoms with Crippen LogP contribution < -0.4 is 5.32 Å². The number of pyridine rings is 1. The van der Waals surface area contributed by atoms with E-state index in [9.17, 15) is 4.39 Å². The molecule has 2 heterocycles. The fourth-order valence-corrected chi connectivity index (χ4v) is 2.53. The maximum atomic E-state index is 13.5. The first-order valence-corrected chi connectivity index (χ1v) is 7.35. The molecule has 5 nitrogen and oxygen atoms in total. The minimum absolute atomic E-state index is 0.256. The van der Waals surface area contributed by atoms with Gasteiger partial charge in [0, 0.05) is 36.3 Å². The summed E-state index contributed by atoms with van der Waals surface area (Å²) < 4.78 is 15.5. The number of fused-ring (bicyclic) bond motifs is 1. The maximum absolute atomic E-state index is 13.5. The molecule has 0 saturated carbocycles. The quantitative estimate of drug-likeness (QED) is 0.787. The van der Waals surface area contributed by atoms with Gasteiger partial charge in [0.25, 0.3) is 0 Å². The molecule has 0 radical (unpaired) electrons. The van der Waals surface area contributed by atoms with E-state index in [1.54, 1.807) is 12.4 Å². The van der Waals surface area contributed by atoms with Gasteiger partial charge in [0.1, 0.15) is 18.0 Å². The lowest BCUT2D eigenvalue weighted by Gasteiger charge is -2.12. The zero-order valence-electron chi connectivity index (χ0n) is 12.7. The number of halogens is 1. The predicted molar refractivity (Wildman–Crippen MR) is 84.3 cm³/mol. The van der Waals surface area contributed by atoms with Gasteiger partial charge in [0.05, 0.1) is 5.52 Å². The van der Waals surface area contributed by atoms with Gasteiger partial charge < -0.3 is 9.88 Å². The summed E-state index contributed by atoms with van der Waals surface area (Å²) in [6.45, 7) is 5.45. The molecule has 3 aromatic rings. The van der Waals surface area contributed by atoms with E-state index in [2.05, 4.69) is 27.4 Å². The van der Waals surface area contributed by atoms with Crippen LogP contribution >= 0.6 is 0 Å². The number of aromatic nitrogens is 4. The lowest BCUT2D eigenvalue weighted by Crippen LogP contribution is -2.12. The lowest BCUT2D eigenvalue weighted by atomic mass is 10.1. The second-order valence-electron chi connectivity index (χ2n) is 5.19. The normalized spacial score (nSPS) is 11.0. The second kappa shape index (κ2) is 6.09. The number of benzene rings is 1. The van der Waals surface area contributed by atoms with E-state index in [0.29, 0.717) is 6.54 Å². The van der Waals surface area contributed by atoms with Gasteiger partial charge in [-0.1, -0.05) is 6.92 Å². The lowest BCUT2D eigenvalue weighted by molar-refractivity contribution is 0.629. The van der Waals surface area contributed by atoms with Crippen molar-refractivity contribution in [2.75, 3.05) is 11.9 Å². The topological polar surface area (TPSA) is 55.6 Å². The van der Waals surface area contributed by atoms with Crippen LogP contribution in [0.4, 0.5) is 10.1 Å². The van der Waals surface area contributed by atoms with Gasteiger partial charge in [-0.05, 0) is 31.2 Å². The number of nitrogens with zero attached hydrogens (tertiary/aromatic N) is 4. The van der Waals surface area contributed by atoms with Crippen LogP contribution in [0.2, 0.25) is 0 Å². The Bertz CT molecular complexity index is 796. The summed E-state index contributed by atoms with van der Waals surface area (Å²) in [5.74, 6) is 0.705. The third kappa shape index (κ3) is 2.90. The van der Waals surface area contributed by atoms with E-state index < -0.39 is 0 Å². The van der Waals surface area contributed by atoms with Crippen molar-refractivity contribution in [3.05, 3.63) is 47.9 Å². The highest BCUT2D eigenvalue weighted by Crippen LogP contribution is 2.24. The Kier molecular flexibility index (Phi) is 4.00. The largest absolute Gasteiger partial charge is 0.383 e. The van der Waals surface area contributed by atoms with E-state index in [4.69, 9.17) is 0 Å². The number of nitrogens with one attached hydrogen (secondary N) is 1. The monoisotopic (exact) mass is 299 g/mol. The van der Waals surface area contributed by atoms with Crippen molar-refractivity contribution in [2.24, 2.45) is 0 Å². The van der Waals surface area contributed by atoms with Gasteiger partial charge in [0.15, 0.2) is 0 Å². The van der Waals surface area contributed by atoms with E-state index in [1.807, 2.05) is 17.6 Å². The van der Waals surface area contributed by atoms with Gasteiger partial charge in [-0.25, -0.2) is 4.39 Å². The number of rotatable bonds is 5. The minimum atomic E-state index is -0.256. The van der Waals surface area contributed by atoms with Crippen LogP contribution in [-0.2, 0) is 13.0 Å². The zero-order chi connectivity index (χ0) is 15.5. The van der Waals surface area contributed by atoms with Crippen molar-refractivity contribution in [1.82, 2.24) is 19.7 Å². The molecule has 3 rings (SSSR count). The van der Waals surface area contributed by atoms with Gasteiger partial charge >= 0.3 is 0 Å². The first kappa shape index (κ1) is 14.4. The summed E-state index contributed by atoms with van der Waals surface area (Å²) in [6, 6.07) is 6.59. The van der Waals surface area contributed by atoms with Crippen molar-refractivity contribution in [1.29, 1.82) is 0 Å². The van der Waals surface area contributed by atoms with Gasteiger partial charge in [-0.15, -0.1) is 10.2 Å². The van der Waals surface area contributed by atoms with Crippen molar-refractivity contribution >= 4 is 16.6 Å². The Hall–Kier alpha value is -2.50. The molecule has 1 N–H and O–H groups in total. The minimum Gasteiger partial charge on any atom is -0.383 e. The fraction of sp³-hybridized carbons (Fsp3) is 0.312. The second-order valence-corrected chi connectivity index (χ2v) is 5.19. The molecule has 0 aliphatic rings. The highest BCUT2D eigenvalue weighted by Gasteiger charge is 2.06. The SMILES string of the molecule is CCc1nncn1CCNc1cc(C)nc2ccc(F)cc12. The van der Waals surface area contributed by atoms with E-state index in [1.165, 1.54) is 12.1 Å². The molecule has 2 aromatic heterocycles. The number of anilines is 1. The van der Waals surface area contributed by atoms with E-state index in [0.717, 1.165) is 41.1 Å². The Morgan fingerprint density at radius 2 is 2.14 bits per heavy atom. The van der Waals surface area contributed by atoms with Crippen LogP contribution in [-0.4, -0.2) is 26.3 Å². The standard InChI is InChI=1S/C16H18FN5/c1-3-16-21-19-10-22(16)7-6-18-15-8-11(2)20-14-5-4-12(17)9-13(14)15/h4-5,8-10H,3,6-7H2,1-2H3,(H,18,20). The third-order valence-corrected chi connectivity index (χ3v) is 3.58. The first-order valence-electron chi connectivity index (χ1n) is 7.35. The van der Waals surface area contributed by atoms with E-state index >= 15 is 0 Å². The van der Waals surface area contributed by atoms with Crippen LogP contribution in [0.1, 0.15) is 18.4 Å². The molecule has 0 atom stereocenters. The summed E-state index contributed by atoms with van der Waals surface area (Å²) in [5.41, 5.74) is 2.59. The molecular formula is C16H18FN5. The molecule has 6 heteroatoms. The third-order valence-electron chi connectivity index (χ3n) is 3.58. The molecule has 0 aliphatic carbocycles. The summed E-state index contributed by atoms with van der Waals surface area (Å²) in [4.78, 5) is 4.43.